The van der Waals surface area contributed by atoms with Crippen LogP contribution in [0.1, 0.15) is 34.0 Å². The van der Waals surface area contributed by atoms with Crippen molar-refractivity contribution in [2.75, 3.05) is 13.1 Å². The predicted octanol–water partition coefficient (Wildman–Crippen LogP) is 2.71. The lowest BCUT2D eigenvalue weighted by atomic mass is 9.83. The number of rotatable bonds is 2. The van der Waals surface area contributed by atoms with Gasteiger partial charge < -0.3 is 9.47 Å². The van der Waals surface area contributed by atoms with Gasteiger partial charge in [0.2, 0.25) is 0 Å². The van der Waals surface area contributed by atoms with Gasteiger partial charge >= 0.3 is 0 Å². The summed E-state index contributed by atoms with van der Waals surface area (Å²) in [4.78, 5) is 40.7. The third-order valence-electron chi connectivity index (χ3n) is 6.39. The molecule has 1 amide bonds. The Balaban J connectivity index is 1.50. The Labute approximate surface area is 178 Å². The fourth-order valence-electron chi connectivity index (χ4n) is 4.91. The van der Waals surface area contributed by atoms with E-state index in [1.807, 2.05) is 10.6 Å². The van der Waals surface area contributed by atoms with E-state index in [4.69, 9.17) is 0 Å². The molecule has 1 saturated heterocycles. The van der Waals surface area contributed by atoms with Crippen molar-refractivity contribution in [2.24, 2.45) is 5.92 Å². The number of carbonyl (C=O) groups excluding carboxylic acids is 1. The molecular weight excluding hydrogens is 397 g/mol. The molecule has 2 bridgehead atoms. The summed E-state index contributed by atoms with van der Waals surface area (Å²) in [6.45, 7) is 3.33. The maximum absolute atomic E-state index is 13.5. The number of benzene rings is 1. The first-order chi connectivity index (χ1) is 14.9. The minimum absolute atomic E-state index is 0.00642. The van der Waals surface area contributed by atoms with Crippen LogP contribution in [-0.2, 0) is 6.54 Å². The number of aryl methyl sites for hydroxylation is 1. The van der Waals surface area contributed by atoms with Crippen LogP contribution in [0.25, 0.3) is 5.69 Å². The quantitative estimate of drug-likeness (QED) is 0.642. The lowest BCUT2D eigenvalue weighted by molar-refractivity contribution is 0.0591. The zero-order valence-electron chi connectivity index (χ0n) is 17.1. The van der Waals surface area contributed by atoms with Gasteiger partial charge in [-0.05, 0) is 61.2 Å². The molecule has 1 fully saturated rings. The van der Waals surface area contributed by atoms with Crippen molar-refractivity contribution in [1.82, 2.24) is 14.0 Å². The highest BCUT2D eigenvalue weighted by molar-refractivity contribution is 5.95. The molecule has 0 aliphatic carbocycles. The van der Waals surface area contributed by atoms with Crippen molar-refractivity contribution < 1.29 is 9.18 Å². The van der Waals surface area contributed by atoms with E-state index in [0.29, 0.717) is 30.9 Å². The number of likely N-dealkylation sites (tertiary alicyclic amines) is 1. The number of carbonyl (C=O) groups is 1. The highest BCUT2D eigenvalue weighted by Crippen LogP contribution is 2.35. The van der Waals surface area contributed by atoms with Crippen molar-refractivity contribution in [3.05, 3.63) is 98.1 Å². The second-order valence-electron chi connectivity index (χ2n) is 8.43. The molecule has 158 valence electrons. The molecule has 4 heterocycles. The van der Waals surface area contributed by atoms with Crippen LogP contribution in [0.3, 0.4) is 0 Å². The van der Waals surface area contributed by atoms with Gasteiger partial charge in [0.25, 0.3) is 17.0 Å². The molecular formula is C24H22FN3O3. The lowest BCUT2D eigenvalue weighted by Gasteiger charge is -2.42. The van der Waals surface area contributed by atoms with Gasteiger partial charge in [-0.25, -0.2) is 4.39 Å². The van der Waals surface area contributed by atoms with Gasteiger partial charge in [-0.2, -0.15) is 0 Å². The Hall–Kier alpha value is -3.48. The number of halogens is 1. The number of pyridine rings is 2. The number of fused-ring (bicyclic) bond motifs is 4. The molecule has 6 nitrogen and oxygen atoms in total. The average Bonchev–Trinajstić information content (AvgIpc) is 2.75. The van der Waals surface area contributed by atoms with Crippen molar-refractivity contribution in [2.45, 2.75) is 25.8 Å². The zero-order chi connectivity index (χ0) is 21.7. The normalized spacial score (nSPS) is 19.7. The van der Waals surface area contributed by atoms with Crippen LogP contribution in [-0.4, -0.2) is 33.0 Å². The number of hydrogen-bond donors (Lipinski definition) is 0. The molecule has 2 aliphatic rings. The second kappa shape index (κ2) is 7.34. The molecule has 0 unspecified atom stereocenters. The SMILES string of the molecule is Cc1ccn(-c2ccc(F)cc2)c(=O)c1C(=O)N1C[C@@H]2C[C@H](C1)c1cccc(=O)n1C2. The average molecular weight is 419 g/mol. The van der Waals surface area contributed by atoms with E-state index < -0.39 is 5.56 Å². The molecule has 2 aliphatic heterocycles. The maximum atomic E-state index is 13.5. The first-order valence-corrected chi connectivity index (χ1v) is 10.4. The molecule has 0 spiro atoms. The summed E-state index contributed by atoms with van der Waals surface area (Å²) in [5.74, 6) is -0.424. The van der Waals surface area contributed by atoms with Crippen molar-refractivity contribution in [3.63, 3.8) is 0 Å². The van der Waals surface area contributed by atoms with E-state index in [-0.39, 0.29) is 34.7 Å². The van der Waals surface area contributed by atoms with Crippen LogP contribution in [0.5, 0.6) is 0 Å². The fraction of sp³-hybridized carbons (Fsp3) is 0.292. The Morgan fingerprint density at radius 3 is 2.55 bits per heavy atom. The fourth-order valence-corrected chi connectivity index (χ4v) is 4.91. The van der Waals surface area contributed by atoms with Crippen molar-refractivity contribution >= 4 is 5.91 Å². The van der Waals surface area contributed by atoms with E-state index in [1.54, 1.807) is 36.2 Å². The summed E-state index contributed by atoms with van der Waals surface area (Å²) in [6.07, 6.45) is 2.54. The smallest absolute Gasteiger partial charge is 0.268 e. The summed E-state index contributed by atoms with van der Waals surface area (Å²) in [6, 6.07) is 12.6. The zero-order valence-corrected chi connectivity index (χ0v) is 17.1. The Bertz CT molecular complexity index is 1290. The van der Waals surface area contributed by atoms with Gasteiger partial charge in [-0.15, -0.1) is 0 Å². The minimum atomic E-state index is -0.413. The van der Waals surface area contributed by atoms with E-state index >= 15 is 0 Å². The topological polar surface area (TPSA) is 64.3 Å². The third-order valence-corrected chi connectivity index (χ3v) is 6.39. The van der Waals surface area contributed by atoms with Gasteiger partial charge in [-0.3, -0.25) is 19.0 Å². The molecule has 1 aromatic carbocycles. The number of aromatic nitrogens is 2. The van der Waals surface area contributed by atoms with Crippen LogP contribution in [0.4, 0.5) is 4.39 Å². The first-order valence-electron chi connectivity index (χ1n) is 10.4. The summed E-state index contributed by atoms with van der Waals surface area (Å²) < 4.78 is 16.5. The third kappa shape index (κ3) is 3.30. The number of hydrogen-bond acceptors (Lipinski definition) is 3. The van der Waals surface area contributed by atoms with E-state index in [1.165, 1.54) is 28.8 Å². The van der Waals surface area contributed by atoms with Gasteiger partial charge in [0.15, 0.2) is 0 Å². The Morgan fingerprint density at radius 2 is 1.77 bits per heavy atom. The lowest BCUT2D eigenvalue weighted by Crippen LogP contribution is -2.50. The number of piperidine rings is 1. The predicted molar refractivity (Wildman–Crippen MR) is 114 cm³/mol. The van der Waals surface area contributed by atoms with Crippen molar-refractivity contribution in [1.29, 1.82) is 0 Å². The van der Waals surface area contributed by atoms with Gasteiger partial charge in [0.1, 0.15) is 11.4 Å². The molecule has 0 saturated carbocycles. The van der Waals surface area contributed by atoms with Crippen LogP contribution in [0.2, 0.25) is 0 Å². The van der Waals surface area contributed by atoms with E-state index in [9.17, 15) is 18.8 Å². The largest absolute Gasteiger partial charge is 0.337 e. The summed E-state index contributed by atoms with van der Waals surface area (Å²) >= 11 is 0. The standard InChI is InChI=1S/C24H22FN3O3/c1-15-9-10-27(19-7-5-18(25)6-8-19)24(31)22(15)23(30)26-12-16-11-17(14-26)20-3-2-4-21(29)28(20)13-16/h2-10,16-17H,11-14H2,1H3/t16-,17+/m0/s1. The molecule has 2 aromatic heterocycles. The number of nitrogens with zero attached hydrogens (tertiary/aromatic N) is 3. The highest BCUT2D eigenvalue weighted by Gasteiger charge is 2.37. The van der Waals surface area contributed by atoms with E-state index in [0.717, 1.165) is 12.1 Å². The van der Waals surface area contributed by atoms with Crippen LogP contribution in [0.15, 0.2) is 64.3 Å². The maximum Gasteiger partial charge on any atom is 0.268 e. The molecule has 0 N–H and O–H groups in total. The van der Waals surface area contributed by atoms with Gasteiger partial charge in [0, 0.05) is 49.2 Å². The van der Waals surface area contributed by atoms with Gasteiger partial charge in [0.05, 0.1) is 0 Å². The van der Waals surface area contributed by atoms with Crippen LogP contribution >= 0.6 is 0 Å². The summed E-state index contributed by atoms with van der Waals surface area (Å²) in [5, 5.41) is 0. The second-order valence-corrected chi connectivity index (χ2v) is 8.43. The highest BCUT2D eigenvalue weighted by atomic mass is 19.1. The van der Waals surface area contributed by atoms with E-state index in [2.05, 4.69) is 0 Å². The molecule has 5 rings (SSSR count). The first kappa shape index (κ1) is 19.5. The van der Waals surface area contributed by atoms with Crippen molar-refractivity contribution in [3.8, 4) is 5.69 Å². The monoisotopic (exact) mass is 419 g/mol. The molecule has 3 aromatic rings. The summed E-state index contributed by atoms with van der Waals surface area (Å²) in [5.41, 5.74) is 1.79. The van der Waals surface area contributed by atoms with Crippen LogP contribution in [0, 0.1) is 18.7 Å². The molecule has 0 radical (unpaired) electrons. The Morgan fingerprint density at radius 1 is 1.00 bits per heavy atom. The molecule has 31 heavy (non-hydrogen) atoms. The summed E-state index contributed by atoms with van der Waals surface area (Å²) in [7, 11) is 0. The molecule has 2 atom stereocenters. The molecule has 7 heteroatoms. The number of amides is 1. The minimum Gasteiger partial charge on any atom is -0.337 e. The van der Waals surface area contributed by atoms with Crippen LogP contribution < -0.4 is 11.1 Å². The van der Waals surface area contributed by atoms with Gasteiger partial charge in [-0.1, -0.05) is 6.07 Å². The Kier molecular flexibility index (Phi) is 4.61.